The first-order valence-electron chi connectivity index (χ1n) is 9.54. The van der Waals surface area contributed by atoms with Crippen LogP contribution in [-0.2, 0) is 9.59 Å². The van der Waals surface area contributed by atoms with Crippen molar-refractivity contribution < 1.29 is 24.4 Å². The maximum atomic E-state index is 13.2. The van der Waals surface area contributed by atoms with Crippen LogP contribution in [0.1, 0.15) is 47.5 Å². The second-order valence-corrected chi connectivity index (χ2v) is 7.29. The molecule has 1 heterocycles. The highest BCUT2D eigenvalue weighted by Gasteiger charge is 2.40. The van der Waals surface area contributed by atoms with Gasteiger partial charge in [0.1, 0.15) is 0 Å². The minimum Gasteiger partial charge on any atom is -0.478 e. The number of carboxylic acids is 1. The molecule has 1 amide bonds. The average molecular weight is 406 g/mol. The van der Waals surface area contributed by atoms with Gasteiger partial charge in [0, 0.05) is 42.2 Å². The quantitative estimate of drug-likeness (QED) is 0.609. The molecule has 152 valence electrons. The Morgan fingerprint density at radius 2 is 1.77 bits per heavy atom. The summed E-state index contributed by atoms with van der Waals surface area (Å²) in [5.41, 5.74) is 1.85. The molecule has 0 radical (unpaired) electrons. The third kappa shape index (κ3) is 3.26. The molecule has 1 N–H and O–H groups in total. The van der Waals surface area contributed by atoms with Gasteiger partial charge in [-0.05, 0) is 30.5 Å². The number of carbonyl (C=O) groups excluding carboxylic acids is 2. The Labute approximate surface area is 171 Å². The van der Waals surface area contributed by atoms with Crippen LogP contribution in [0.25, 0.3) is 0 Å². The number of hydrogen-bond acceptors (Lipinski definition) is 5. The molecule has 0 spiro atoms. The summed E-state index contributed by atoms with van der Waals surface area (Å²) >= 11 is 0. The molecule has 4 rings (SSSR count). The summed E-state index contributed by atoms with van der Waals surface area (Å²) in [6, 6.07) is 12.1. The number of nitrogens with zero attached hydrogens (tertiary/aromatic N) is 2. The zero-order chi connectivity index (χ0) is 21.4. The van der Waals surface area contributed by atoms with Crippen molar-refractivity contribution in [2.45, 2.75) is 31.6 Å². The number of Topliss-reactive ketones (excluding diaryl/α,β-unsaturated/α-hetero) is 1. The molecule has 0 aromatic heterocycles. The van der Waals surface area contributed by atoms with Crippen molar-refractivity contribution in [3.05, 3.63) is 81.0 Å². The monoisotopic (exact) mass is 406 g/mol. The molecular formula is C22H18N2O6. The fourth-order valence-electron chi connectivity index (χ4n) is 4.23. The van der Waals surface area contributed by atoms with E-state index in [1.165, 1.54) is 23.1 Å². The molecule has 2 aromatic carbocycles. The number of amides is 1. The van der Waals surface area contributed by atoms with Crippen molar-refractivity contribution in [2.75, 3.05) is 4.90 Å². The third-order valence-corrected chi connectivity index (χ3v) is 5.56. The molecule has 1 unspecified atom stereocenters. The Balaban J connectivity index is 1.85. The van der Waals surface area contributed by atoms with Gasteiger partial charge in [-0.2, -0.15) is 0 Å². The van der Waals surface area contributed by atoms with Crippen LogP contribution in [0.3, 0.4) is 0 Å². The number of aromatic carboxylic acids is 1. The van der Waals surface area contributed by atoms with Gasteiger partial charge < -0.3 is 5.11 Å². The minimum absolute atomic E-state index is 0.00971. The Morgan fingerprint density at radius 3 is 2.43 bits per heavy atom. The van der Waals surface area contributed by atoms with E-state index in [1.54, 1.807) is 30.3 Å². The molecule has 2 aromatic rings. The number of ketones is 1. The predicted molar refractivity (Wildman–Crippen MR) is 107 cm³/mol. The summed E-state index contributed by atoms with van der Waals surface area (Å²) in [4.78, 5) is 49.5. The summed E-state index contributed by atoms with van der Waals surface area (Å²) in [5, 5.41) is 20.5. The zero-order valence-corrected chi connectivity index (χ0v) is 15.9. The lowest BCUT2D eigenvalue weighted by molar-refractivity contribution is -0.384. The van der Waals surface area contributed by atoms with Crippen LogP contribution in [0.15, 0.2) is 59.8 Å². The van der Waals surface area contributed by atoms with Crippen molar-refractivity contribution >= 4 is 29.0 Å². The van der Waals surface area contributed by atoms with Gasteiger partial charge in [0.25, 0.3) is 5.69 Å². The van der Waals surface area contributed by atoms with Crippen LogP contribution in [0, 0.1) is 10.1 Å². The van der Waals surface area contributed by atoms with Crippen molar-refractivity contribution in [3.63, 3.8) is 0 Å². The maximum absolute atomic E-state index is 13.2. The molecule has 0 saturated heterocycles. The summed E-state index contributed by atoms with van der Waals surface area (Å²) in [6.45, 7) is 0. The number of para-hydroxylation sites is 1. The van der Waals surface area contributed by atoms with Crippen LogP contribution >= 0.6 is 0 Å². The first-order chi connectivity index (χ1) is 14.4. The standard InChI is InChI=1S/C22H18N2O6/c25-19-7-3-6-18-21(19)16(13-8-10-14(11-9-13)24(29)30)12-20(26)23(18)17-5-2-1-4-15(17)22(27)28/h1-2,4-5,8-11,16H,3,6-7,12H2,(H,27,28). The highest BCUT2D eigenvalue weighted by atomic mass is 16.6. The Kier molecular flexibility index (Phi) is 4.91. The predicted octanol–water partition coefficient (Wildman–Crippen LogP) is 3.82. The normalized spacial score (nSPS) is 18.9. The fraction of sp³-hybridized carbons (Fsp3) is 0.227. The highest BCUT2D eigenvalue weighted by Crippen LogP contribution is 2.44. The number of carboxylic acid groups (broad SMARTS) is 1. The van der Waals surface area contributed by atoms with Crippen LogP contribution in [0.2, 0.25) is 0 Å². The molecule has 8 nitrogen and oxygen atoms in total. The second-order valence-electron chi connectivity index (χ2n) is 7.29. The molecule has 0 fully saturated rings. The van der Waals surface area contributed by atoms with Gasteiger partial charge in [0.2, 0.25) is 5.91 Å². The number of nitro benzene ring substituents is 1. The maximum Gasteiger partial charge on any atom is 0.337 e. The summed E-state index contributed by atoms with van der Waals surface area (Å²) in [7, 11) is 0. The Bertz CT molecular complexity index is 1100. The fourth-order valence-corrected chi connectivity index (χ4v) is 4.23. The lowest BCUT2D eigenvalue weighted by atomic mass is 9.77. The zero-order valence-electron chi connectivity index (χ0n) is 15.9. The van der Waals surface area contributed by atoms with Gasteiger partial charge in [0.15, 0.2) is 5.78 Å². The molecule has 0 saturated carbocycles. The highest BCUT2D eigenvalue weighted by molar-refractivity contribution is 6.10. The second kappa shape index (κ2) is 7.55. The van der Waals surface area contributed by atoms with Crippen molar-refractivity contribution in [1.29, 1.82) is 0 Å². The number of rotatable bonds is 4. The number of allylic oxidation sites excluding steroid dienone is 2. The largest absolute Gasteiger partial charge is 0.478 e. The molecule has 30 heavy (non-hydrogen) atoms. The Morgan fingerprint density at radius 1 is 1.07 bits per heavy atom. The minimum atomic E-state index is -1.15. The number of hydrogen-bond donors (Lipinski definition) is 1. The van der Waals surface area contributed by atoms with E-state index in [0.29, 0.717) is 36.1 Å². The summed E-state index contributed by atoms with van der Waals surface area (Å²) < 4.78 is 0. The van der Waals surface area contributed by atoms with Crippen molar-refractivity contribution in [1.82, 2.24) is 0 Å². The van der Waals surface area contributed by atoms with Crippen molar-refractivity contribution in [3.8, 4) is 0 Å². The van der Waals surface area contributed by atoms with E-state index in [0.717, 1.165) is 0 Å². The number of carbonyl (C=O) groups is 3. The van der Waals surface area contributed by atoms with Gasteiger partial charge in [-0.15, -0.1) is 0 Å². The topological polar surface area (TPSA) is 118 Å². The number of non-ortho nitro benzene ring substituents is 1. The van der Waals surface area contributed by atoms with E-state index in [2.05, 4.69) is 0 Å². The van der Waals surface area contributed by atoms with E-state index >= 15 is 0 Å². The molecule has 1 aliphatic heterocycles. The molecule has 0 bridgehead atoms. The van der Waals surface area contributed by atoms with E-state index in [-0.39, 0.29) is 35.0 Å². The smallest absolute Gasteiger partial charge is 0.337 e. The van der Waals surface area contributed by atoms with E-state index < -0.39 is 16.8 Å². The lowest BCUT2D eigenvalue weighted by Gasteiger charge is -2.38. The number of anilines is 1. The number of nitro groups is 1. The SMILES string of the molecule is O=C1CCCC2=C1C(c1ccc([N+](=O)[O-])cc1)CC(=O)N2c1ccccc1C(=O)O. The van der Waals surface area contributed by atoms with Crippen LogP contribution < -0.4 is 4.90 Å². The first kappa shape index (κ1) is 19.5. The van der Waals surface area contributed by atoms with E-state index in [1.807, 2.05) is 0 Å². The lowest BCUT2D eigenvalue weighted by Crippen LogP contribution is -2.41. The van der Waals surface area contributed by atoms with Gasteiger partial charge in [0.05, 0.1) is 16.2 Å². The molecule has 8 heteroatoms. The van der Waals surface area contributed by atoms with Gasteiger partial charge >= 0.3 is 5.97 Å². The number of benzene rings is 2. The molecule has 1 aliphatic carbocycles. The first-order valence-corrected chi connectivity index (χ1v) is 9.54. The Hall–Kier alpha value is -3.81. The molecule has 1 atom stereocenters. The molecule has 2 aliphatic rings. The average Bonchev–Trinajstić information content (AvgIpc) is 2.73. The summed E-state index contributed by atoms with van der Waals surface area (Å²) in [6.07, 6.45) is 1.38. The van der Waals surface area contributed by atoms with E-state index in [9.17, 15) is 29.6 Å². The van der Waals surface area contributed by atoms with Gasteiger partial charge in [-0.3, -0.25) is 24.6 Å². The van der Waals surface area contributed by atoms with Gasteiger partial charge in [-0.1, -0.05) is 24.3 Å². The van der Waals surface area contributed by atoms with Crippen molar-refractivity contribution in [2.24, 2.45) is 0 Å². The van der Waals surface area contributed by atoms with Crippen LogP contribution in [0.4, 0.5) is 11.4 Å². The molecular weight excluding hydrogens is 388 g/mol. The van der Waals surface area contributed by atoms with Crippen LogP contribution in [0.5, 0.6) is 0 Å². The third-order valence-electron chi connectivity index (χ3n) is 5.56. The van der Waals surface area contributed by atoms with Crippen LogP contribution in [-0.4, -0.2) is 27.7 Å². The van der Waals surface area contributed by atoms with Gasteiger partial charge in [-0.25, -0.2) is 4.79 Å². The summed E-state index contributed by atoms with van der Waals surface area (Å²) in [5.74, 6) is -2.04. The van der Waals surface area contributed by atoms with E-state index in [4.69, 9.17) is 0 Å².